The third-order valence-electron chi connectivity index (χ3n) is 2.13. The van der Waals surface area contributed by atoms with Crippen LogP contribution in [0.15, 0.2) is 29.3 Å². The molecule has 1 aromatic carbocycles. The highest BCUT2D eigenvalue weighted by Crippen LogP contribution is 2.22. The highest BCUT2D eigenvalue weighted by Gasteiger charge is 2.29. The number of nitrogens with zero attached hydrogens (tertiary/aromatic N) is 2. The molecule has 18 heavy (non-hydrogen) atoms. The van der Waals surface area contributed by atoms with Gasteiger partial charge in [-0.05, 0) is 45.0 Å². The first-order valence-electron chi connectivity index (χ1n) is 5.54. The van der Waals surface area contributed by atoms with E-state index in [-0.39, 0.29) is 5.90 Å². The van der Waals surface area contributed by atoms with Crippen molar-refractivity contribution < 1.29 is 9.47 Å². The van der Waals surface area contributed by atoms with E-state index in [2.05, 4.69) is 4.99 Å². The summed E-state index contributed by atoms with van der Waals surface area (Å²) in [7, 11) is 0. The molecular formula is C13H15ClN2O2. The third kappa shape index (κ3) is 3.94. The standard InChI is InChI=1S/C13H15ClN2O2/c1-4-17-12(16-9-15)13(2,3)18-11-7-5-10(14)6-8-11/h5-8H,4H2,1-3H3/b16-12-. The maximum Gasteiger partial charge on any atom is 0.243 e. The summed E-state index contributed by atoms with van der Waals surface area (Å²) >= 11 is 5.80. The van der Waals surface area contributed by atoms with Gasteiger partial charge < -0.3 is 9.47 Å². The highest BCUT2D eigenvalue weighted by molar-refractivity contribution is 6.30. The Bertz CT molecular complexity index is 461. The van der Waals surface area contributed by atoms with Gasteiger partial charge in [0.05, 0.1) is 6.61 Å². The molecule has 4 nitrogen and oxygen atoms in total. The molecule has 0 bridgehead atoms. The number of hydrogen-bond donors (Lipinski definition) is 0. The van der Waals surface area contributed by atoms with Crippen LogP contribution in [0.3, 0.4) is 0 Å². The van der Waals surface area contributed by atoms with Crippen molar-refractivity contribution in [1.29, 1.82) is 5.26 Å². The van der Waals surface area contributed by atoms with E-state index in [0.29, 0.717) is 17.4 Å². The van der Waals surface area contributed by atoms with Crippen molar-refractivity contribution in [2.45, 2.75) is 26.4 Å². The molecular weight excluding hydrogens is 252 g/mol. The van der Waals surface area contributed by atoms with Gasteiger partial charge in [0.15, 0.2) is 5.60 Å². The molecule has 0 spiro atoms. The quantitative estimate of drug-likeness (QED) is 0.477. The van der Waals surface area contributed by atoms with Crippen LogP contribution >= 0.6 is 11.6 Å². The molecule has 0 radical (unpaired) electrons. The lowest BCUT2D eigenvalue weighted by molar-refractivity contribution is 0.140. The molecule has 1 aromatic rings. The van der Waals surface area contributed by atoms with Crippen LogP contribution in [0.1, 0.15) is 20.8 Å². The number of benzene rings is 1. The molecule has 0 aliphatic carbocycles. The van der Waals surface area contributed by atoms with E-state index in [9.17, 15) is 0 Å². The first-order valence-corrected chi connectivity index (χ1v) is 5.92. The molecule has 0 unspecified atom stereocenters. The monoisotopic (exact) mass is 266 g/mol. The second kappa shape index (κ2) is 6.27. The van der Waals surface area contributed by atoms with Gasteiger partial charge in [0.2, 0.25) is 12.1 Å². The molecule has 5 heteroatoms. The Labute approximate surface area is 112 Å². The topological polar surface area (TPSA) is 54.6 Å². The van der Waals surface area contributed by atoms with Crippen LogP contribution in [0.25, 0.3) is 0 Å². The van der Waals surface area contributed by atoms with Gasteiger partial charge in [0.25, 0.3) is 0 Å². The van der Waals surface area contributed by atoms with Gasteiger partial charge in [-0.15, -0.1) is 4.99 Å². The van der Waals surface area contributed by atoms with Gasteiger partial charge in [-0.25, -0.2) is 0 Å². The smallest absolute Gasteiger partial charge is 0.243 e. The molecule has 0 aliphatic rings. The number of nitriles is 1. The Kier molecular flexibility index (Phi) is 4.99. The molecule has 0 aromatic heterocycles. The van der Waals surface area contributed by atoms with E-state index in [4.69, 9.17) is 26.3 Å². The van der Waals surface area contributed by atoms with Crippen molar-refractivity contribution in [3.63, 3.8) is 0 Å². The van der Waals surface area contributed by atoms with Crippen molar-refractivity contribution in [3.05, 3.63) is 29.3 Å². The maximum atomic E-state index is 8.64. The molecule has 0 aliphatic heterocycles. The first kappa shape index (κ1) is 14.3. The predicted molar refractivity (Wildman–Crippen MR) is 70.8 cm³/mol. The molecule has 0 fully saturated rings. The van der Waals surface area contributed by atoms with Crippen molar-refractivity contribution in [2.24, 2.45) is 4.99 Å². The highest BCUT2D eigenvalue weighted by atomic mass is 35.5. The van der Waals surface area contributed by atoms with Crippen molar-refractivity contribution in [1.82, 2.24) is 0 Å². The zero-order valence-corrected chi connectivity index (χ0v) is 11.4. The third-order valence-corrected chi connectivity index (χ3v) is 2.39. The fourth-order valence-electron chi connectivity index (χ4n) is 1.36. The van der Waals surface area contributed by atoms with Crippen LogP contribution in [0, 0.1) is 11.5 Å². The van der Waals surface area contributed by atoms with E-state index in [0.717, 1.165) is 0 Å². The number of hydrogen-bond acceptors (Lipinski definition) is 4. The molecule has 0 heterocycles. The second-order valence-electron chi connectivity index (χ2n) is 4.02. The lowest BCUT2D eigenvalue weighted by atomic mass is 10.1. The average molecular weight is 267 g/mol. The number of rotatable bonds is 4. The Hall–Kier alpha value is -1.73. The number of ether oxygens (including phenoxy) is 2. The summed E-state index contributed by atoms with van der Waals surface area (Å²) in [6.07, 6.45) is 1.72. The molecule has 0 atom stereocenters. The van der Waals surface area contributed by atoms with E-state index < -0.39 is 5.60 Å². The zero-order chi connectivity index (χ0) is 13.6. The lowest BCUT2D eigenvalue weighted by Crippen LogP contribution is -2.39. The van der Waals surface area contributed by atoms with Gasteiger partial charge in [0, 0.05) is 5.02 Å². The zero-order valence-electron chi connectivity index (χ0n) is 10.6. The van der Waals surface area contributed by atoms with Crippen LogP contribution in [-0.2, 0) is 4.74 Å². The fraction of sp³-hybridized carbons (Fsp3) is 0.385. The van der Waals surface area contributed by atoms with Gasteiger partial charge in [-0.1, -0.05) is 11.6 Å². The average Bonchev–Trinajstić information content (AvgIpc) is 2.32. The summed E-state index contributed by atoms with van der Waals surface area (Å²) in [5, 5.41) is 9.27. The van der Waals surface area contributed by atoms with Gasteiger partial charge in [0.1, 0.15) is 5.75 Å². The van der Waals surface area contributed by atoms with E-state index in [1.165, 1.54) is 0 Å². The first-order chi connectivity index (χ1) is 8.49. The molecule has 0 saturated carbocycles. The summed E-state index contributed by atoms with van der Waals surface area (Å²) in [5.41, 5.74) is -0.820. The maximum absolute atomic E-state index is 8.64. The SMILES string of the molecule is CCO/C(=N\C#N)C(C)(C)Oc1ccc(Cl)cc1. The summed E-state index contributed by atoms with van der Waals surface area (Å²) in [5.74, 6) is 0.886. The normalized spacial score (nSPS) is 11.8. The van der Waals surface area contributed by atoms with Crippen molar-refractivity contribution in [3.8, 4) is 11.9 Å². The molecule has 0 N–H and O–H groups in total. The summed E-state index contributed by atoms with van der Waals surface area (Å²) in [6.45, 7) is 5.82. The second-order valence-corrected chi connectivity index (χ2v) is 4.45. The predicted octanol–water partition coefficient (Wildman–Crippen LogP) is 3.41. The minimum Gasteiger partial charge on any atom is -0.478 e. The van der Waals surface area contributed by atoms with E-state index >= 15 is 0 Å². The largest absolute Gasteiger partial charge is 0.478 e. The molecule has 0 amide bonds. The van der Waals surface area contributed by atoms with Crippen LogP contribution in [-0.4, -0.2) is 18.1 Å². The minimum absolute atomic E-state index is 0.252. The van der Waals surface area contributed by atoms with Crippen LogP contribution in [0.5, 0.6) is 5.75 Å². The van der Waals surface area contributed by atoms with Crippen LogP contribution in [0.2, 0.25) is 5.02 Å². The summed E-state index contributed by atoms with van der Waals surface area (Å²) in [4.78, 5) is 3.65. The Balaban J connectivity index is 2.89. The molecule has 0 saturated heterocycles. The van der Waals surface area contributed by atoms with E-state index in [1.807, 2.05) is 6.92 Å². The fourth-order valence-corrected chi connectivity index (χ4v) is 1.49. The minimum atomic E-state index is -0.820. The van der Waals surface area contributed by atoms with Crippen LogP contribution in [0.4, 0.5) is 0 Å². The Morgan fingerprint density at radius 3 is 2.50 bits per heavy atom. The lowest BCUT2D eigenvalue weighted by Gasteiger charge is -2.26. The van der Waals surface area contributed by atoms with Crippen LogP contribution < -0.4 is 4.74 Å². The Morgan fingerprint density at radius 1 is 1.39 bits per heavy atom. The van der Waals surface area contributed by atoms with Crippen molar-refractivity contribution in [2.75, 3.05) is 6.61 Å². The van der Waals surface area contributed by atoms with Gasteiger partial charge >= 0.3 is 0 Å². The number of halogens is 1. The number of aliphatic imine (C=N–C) groups is 1. The summed E-state index contributed by atoms with van der Waals surface area (Å²) in [6, 6.07) is 6.96. The van der Waals surface area contributed by atoms with Gasteiger partial charge in [-0.2, -0.15) is 5.26 Å². The van der Waals surface area contributed by atoms with Crippen molar-refractivity contribution >= 4 is 17.5 Å². The molecule has 1 rings (SSSR count). The van der Waals surface area contributed by atoms with Gasteiger partial charge in [-0.3, -0.25) is 0 Å². The molecule has 96 valence electrons. The summed E-state index contributed by atoms with van der Waals surface area (Å²) < 4.78 is 11.1. The van der Waals surface area contributed by atoms with E-state index in [1.54, 1.807) is 44.3 Å². The Morgan fingerprint density at radius 2 is 2.00 bits per heavy atom.